The lowest BCUT2D eigenvalue weighted by molar-refractivity contribution is -0.382. The molecule has 0 aliphatic carbocycles. The first-order valence-corrected chi connectivity index (χ1v) is 5.72. The number of rotatable bonds is 4. The Morgan fingerprint density at radius 3 is 2.67 bits per heavy atom. The number of carbonyl (C=O) groups is 2. The second-order valence-corrected chi connectivity index (χ2v) is 3.90. The van der Waals surface area contributed by atoms with Crippen LogP contribution in [0.5, 0.6) is 0 Å². The summed E-state index contributed by atoms with van der Waals surface area (Å²) in [4.78, 5) is 22.5. The molecule has 96 valence electrons. The first kappa shape index (κ1) is 12.7. The summed E-state index contributed by atoms with van der Waals surface area (Å²) < 4.78 is 15.6. The van der Waals surface area contributed by atoms with E-state index in [1.165, 1.54) is 6.07 Å². The molecule has 2 rings (SSSR count). The van der Waals surface area contributed by atoms with Gasteiger partial charge in [-0.15, -0.1) is 0 Å². The van der Waals surface area contributed by atoms with Crippen molar-refractivity contribution in [3.8, 4) is 0 Å². The Balaban J connectivity index is 2.27. The van der Waals surface area contributed by atoms with Crippen LogP contribution in [0.1, 0.15) is 46.4 Å². The molecule has 1 saturated heterocycles. The van der Waals surface area contributed by atoms with Gasteiger partial charge in [0.1, 0.15) is 6.29 Å². The smallest absolute Gasteiger partial charge is 0.338 e. The molecule has 0 radical (unpaired) electrons. The van der Waals surface area contributed by atoms with Gasteiger partial charge in [0.25, 0.3) is 0 Å². The van der Waals surface area contributed by atoms with E-state index in [-0.39, 0.29) is 12.9 Å². The minimum absolute atomic E-state index is 0.263. The second kappa shape index (κ2) is 5.29. The minimum atomic E-state index is -0.520. The molecule has 1 aliphatic rings. The van der Waals surface area contributed by atoms with Gasteiger partial charge in [0.05, 0.1) is 12.2 Å². The average Bonchev–Trinajstić information content (AvgIpc) is 2.34. The maximum atomic E-state index is 11.6. The molecule has 0 spiro atoms. The van der Waals surface area contributed by atoms with E-state index in [9.17, 15) is 9.59 Å². The van der Waals surface area contributed by atoms with Crippen LogP contribution in [0.2, 0.25) is 0 Å². The van der Waals surface area contributed by atoms with Gasteiger partial charge >= 0.3 is 5.97 Å². The van der Waals surface area contributed by atoms with Gasteiger partial charge in [-0.05, 0) is 32.0 Å². The number of carbonyl (C=O) groups excluding carboxylic acids is 2. The third kappa shape index (κ3) is 2.57. The number of aldehydes is 1. The molecule has 0 bridgehead atoms. The topological polar surface area (TPSA) is 61.8 Å². The largest absolute Gasteiger partial charge is 0.462 e. The molecule has 0 aromatic heterocycles. The highest BCUT2D eigenvalue weighted by Gasteiger charge is 2.29. The summed E-state index contributed by atoms with van der Waals surface area (Å²) in [7, 11) is 0. The monoisotopic (exact) mass is 250 g/mol. The van der Waals surface area contributed by atoms with E-state index in [0.717, 1.165) is 0 Å². The molecule has 0 saturated carbocycles. The molecule has 1 fully saturated rings. The predicted molar refractivity (Wildman–Crippen MR) is 62.2 cm³/mol. The molecule has 0 N–H and O–H groups in total. The maximum Gasteiger partial charge on any atom is 0.338 e. The Kier molecular flexibility index (Phi) is 3.74. The second-order valence-electron chi connectivity index (χ2n) is 3.90. The van der Waals surface area contributed by atoms with Crippen LogP contribution < -0.4 is 0 Å². The maximum absolute atomic E-state index is 11.6. The molecule has 1 aromatic carbocycles. The zero-order chi connectivity index (χ0) is 13.1. The van der Waals surface area contributed by atoms with Gasteiger partial charge in [-0.3, -0.25) is 4.79 Å². The van der Waals surface area contributed by atoms with Gasteiger partial charge in [0.15, 0.2) is 12.6 Å². The van der Waals surface area contributed by atoms with Crippen molar-refractivity contribution < 1.29 is 23.8 Å². The van der Waals surface area contributed by atoms with Crippen molar-refractivity contribution in [2.24, 2.45) is 0 Å². The lowest BCUT2D eigenvalue weighted by atomic mass is 10.1. The third-order valence-electron chi connectivity index (χ3n) is 2.53. The molecule has 1 heterocycles. The lowest BCUT2D eigenvalue weighted by Crippen LogP contribution is -2.31. The Morgan fingerprint density at radius 1 is 1.39 bits per heavy atom. The van der Waals surface area contributed by atoms with Crippen molar-refractivity contribution >= 4 is 12.3 Å². The highest BCUT2D eigenvalue weighted by molar-refractivity contribution is 5.92. The summed E-state index contributed by atoms with van der Waals surface area (Å²) in [6.07, 6.45) is -0.108. The molecular formula is C13H14O5. The predicted octanol–water partition coefficient (Wildman–Crippen LogP) is 2.07. The molecule has 1 aromatic rings. The minimum Gasteiger partial charge on any atom is -0.462 e. The normalized spacial score (nSPS) is 22.1. The summed E-state index contributed by atoms with van der Waals surface area (Å²) in [6, 6.07) is 4.73. The van der Waals surface area contributed by atoms with Crippen molar-refractivity contribution in [3.05, 3.63) is 34.9 Å². The lowest BCUT2D eigenvalue weighted by Gasteiger charge is -2.34. The fourth-order valence-corrected chi connectivity index (χ4v) is 1.73. The fourth-order valence-electron chi connectivity index (χ4n) is 1.73. The van der Waals surface area contributed by atoms with Crippen molar-refractivity contribution in [1.82, 2.24) is 0 Å². The van der Waals surface area contributed by atoms with Crippen LogP contribution in [-0.2, 0) is 14.2 Å². The average molecular weight is 250 g/mol. The fraction of sp³-hybridized carbons (Fsp3) is 0.385. The van der Waals surface area contributed by atoms with E-state index in [1.54, 1.807) is 26.0 Å². The van der Waals surface area contributed by atoms with Gasteiger partial charge < -0.3 is 14.2 Å². The molecule has 5 heteroatoms. The van der Waals surface area contributed by atoms with Crippen LogP contribution >= 0.6 is 0 Å². The first-order chi connectivity index (χ1) is 8.63. The molecule has 18 heavy (non-hydrogen) atoms. The highest BCUT2D eigenvalue weighted by Crippen LogP contribution is 2.32. The van der Waals surface area contributed by atoms with Crippen LogP contribution in [0.3, 0.4) is 0 Å². The molecular weight excluding hydrogens is 236 g/mol. The van der Waals surface area contributed by atoms with Gasteiger partial charge in [0, 0.05) is 11.1 Å². The van der Waals surface area contributed by atoms with Crippen LogP contribution in [0.4, 0.5) is 0 Å². The summed E-state index contributed by atoms with van der Waals surface area (Å²) in [5.74, 6) is -0.463. The standard InChI is InChI=1S/C13H14O5/c1-3-16-12(15)10-4-9(7-14)5-11(6-10)13-17-8(2)18-13/h4-8,13H,3H2,1-2H3. The Morgan fingerprint density at radius 2 is 2.11 bits per heavy atom. The van der Waals surface area contributed by atoms with Gasteiger partial charge in [-0.25, -0.2) is 4.79 Å². The van der Waals surface area contributed by atoms with Crippen LogP contribution in [0.15, 0.2) is 18.2 Å². The molecule has 1 aliphatic heterocycles. The number of hydrogen-bond acceptors (Lipinski definition) is 5. The van der Waals surface area contributed by atoms with Crippen molar-refractivity contribution in [2.75, 3.05) is 6.61 Å². The first-order valence-electron chi connectivity index (χ1n) is 5.72. The van der Waals surface area contributed by atoms with Crippen molar-refractivity contribution in [1.29, 1.82) is 0 Å². The Hall–Kier alpha value is -1.72. The van der Waals surface area contributed by atoms with Gasteiger partial charge in [0.2, 0.25) is 0 Å². The summed E-state index contributed by atoms with van der Waals surface area (Å²) >= 11 is 0. The zero-order valence-corrected chi connectivity index (χ0v) is 10.2. The van der Waals surface area contributed by atoms with Crippen molar-refractivity contribution in [3.63, 3.8) is 0 Å². The number of esters is 1. The van der Waals surface area contributed by atoms with Crippen LogP contribution in [0.25, 0.3) is 0 Å². The molecule has 0 amide bonds. The van der Waals surface area contributed by atoms with Gasteiger partial charge in [-0.2, -0.15) is 0 Å². The number of hydrogen-bond donors (Lipinski definition) is 0. The van der Waals surface area contributed by atoms with E-state index in [2.05, 4.69) is 0 Å². The molecule has 5 nitrogen and oxygen atoms in total. The van der Waals surface area contributed by atoms with Crippen LogP contribution in [0, 0.1) is 0 Å². The summed E-state index contributed by atoms with van der Waals surface area (Å²) in [5, 5.41) is 0. The van der Waals surface area contributed by atoms with E-state index in [4.69, 9.17) is 14.2 Å². The molecule has 0 unspecified atom stereocenters. The SMILES string of the molecule is CCOC(=O)c1cc(C=O)cc(C2OC(C)O2)c1. The highest BCUT2D eigenvalue weighted by atomic mass is 16.9. The van der Waals surface area contributed by atoms with E-state index >= 15 is 0 Å². The summed E-state index contributed by atoms with van der Waals surface area (Å²) in [5.41, 5.74) is 1.35. The number of benzene rings is 1. The molecule has 0 atom stereocenters. The quantitative estimate of drug-likeness (QED) is 0.604. The Bertz CT molecular complexity index is 462. The van der Waals surface area contributed by atoms with E-state index in [1.807, 2.05) is 0 Å². The van der Waals surface area contributed by atoms with E-state index < -0.39 is 12.3 Å². The van der Waals surface area contributed by atoms with Crippen molar-refractivity contribution in [2.45, 2.75) is 26.4 Å². The number of ether oxygens (including phenoxy) is 3. The van der Waals surface area contributed by atoms with Gasteiger partial charge in [-0.1, -0.05) is 0 Å². The Labute approximate surface area is 105 Å². The summed E-state index contributed by atoms with van der Waals surface area (Å²) in [6.45, 7) is 3.78. The van der Waals surface area contributed by atoms with Crippen LogP contribution in [-0.4, -0.2) is 25.2 Å². The third-order valence-corrected chi connectivity index (χ3v) is 2.53. The van der Waals surface area contributed by atoms with E-state index in [0.29, 0.717) is 23.0 Å². The zero-order valence-electron chi connectivity index (χ0n) is 10.2.